The Bertz CT molecular complexity index is 826. The molecule has 2 heterocycles. The number of halogens is 4. The van der Waals surface area contributed by atoms with E-state index in [2.05, 4.69) is 25.0 Å². The molecule has 2 rings (SSSR count). The molecule has 0 aliphatic rings. The van der Waals surface area contributed by atoms with Gasteiger partial charge in [-0.1, -0.05) is 11.6 Å². The molecule has 0 bridgehead atoms. The summed E-state index contributed by atoms with van der Waals surface area (Å²) < 4.78 is 40.5. The zero-order valence-electron chi connectivity index (χ0n) is 16.5. The van der Waals surface area contributed by atoms with Gasteiger partial charge in [-0.3, -0.25) is 4.79 Å². The molecule has 7 nitrogen and oxygen atoms in total. The molecule has 0 atom stereocenters. The minimum absolute atomic E-state index is 0.0671. The first-order valence-electron chi connectivity index (χ1n) is 8.44. The van der Waals surface area contributed by atoms with Crippen LogP contribution < -0.4 is 15.8 Å². The lowest BCUT2D eigenvalue weighted by Gasteiger charge is -2.20. The molecule has 0 fully saturated rings. The van der Waals surface area contributed by atoms with Crippen LogP contribution in [-0.4, -0.2) is 39.2 Å². The van der Waals surface area contributed by atoms with E-state index < -0.39 is 18.7 Å². The first-order valence-corrected chi connectivity index (χ1v) is 8.82. The van der Waals surface area contributed by atoms with Gasteiger partial charge < -0.3 is 15.8 Å². The number of primary amides is 1. The van der Waals surface area contributed by atoms with E-state index in [1.165, 1.54) is 12.5 Å². The van der Waals surface area contributed by atoms with Crippen LogP contribution >= 0.6 is 11.6 Å². The van der Waals surface area contributed by atoms with E-state index in [4.69, 9.17) is 17.3 Å². The number of rotatable bonds is 5. The summed E-state index contributed by atoms with van der Waals surface area (Å²) in [5.41, 5.74) is 6.66. The van der Waals surface area contributed by atoms with E-state index in [1.807, 2.05) is 20.8 Å². The zero-order chi connectivity index (χ0) is 22.2. The van der Waals surface area contributed by atoms with Crippen molar-refractivity contribution in [3.8, 4) is 5.88 Å². The quantitative estimate of drug-likeness (QED) is 0.748. The average Bonchev–Trinajstić information content (AvgIpc) is 2.58. The molecule has 0 aliphatic carbocycles. The predicted molar refractivity (Wildman–Crippen MR) is 103 cm³/mol. The third-order valence-electron chi connectivity index (χ3n) is 3.12. The number of carbonyl (C=O) groups is 1. The lowest BCUT2D eigenvalue weighted by atomic mass is 10.1. The van der Waals surface area contributed by atoms with E-state index in [9.17, 15) is 18.0 Å². The minimum atomic E-state index is -4.41. The lowest BCUT2D eigenvalue weighted by molar-refractivity contribution is -0.154. The van der Waals surface area contributed by atoms with Crippen LogP contribution in [0.3, 0.4) is 0 Å². The number of nitrogens with two attached hydrogens (primary N) is 1. The van der Waals surface area contributed by atoms with Crippen molar-refractivity contribution in [2.75, 3.05) is 6.61 Å². The predicted octanol–water partition coefficient (Wildman–Crippen LogP) is 3.45. The van der Waals surface area contributed by atoms with Crippen molar-refractivity contribution in [1.29, 1.82) is 0 Å². The van der Waals surface area contributed by atoms with Gasteiger partial charge in [-0.2, -0.15) is 13.2 Å². The summed E-state index contributed by atoms with van der Waals surface area (Å²) in [4.78, 5) is 21.7. The van der Waals surface area contributed by atoms with Gasteiger partial charge in [-0.25, -0.2) is 15.0 Å². The van der Waals surface area contributed by atoms with E-state index in [-0.39, 0.29) is 22.1 Å². The van der Waals surface area contributed by atoms with Crippen molar-refractivity contribution < 1.29 is 22.7 Å². The summed E-state index contributed by atoms with van der Waals surface area (Å²) in [7, 11) is 0. The number of hydrogen-bond donors (Lipinski definition) is 2. The second-order valence-electron chi connectivity index (χ2n) is 7.05. The first kappa shape index (κ1) is 24.6. The smallest absolute Gasteiger partial charge is 0.422 e. The van der Waals surface area contributed by atoms with Gasteiger partial charge in [0.15, 0.2) is 6.61 Å². The summed E-state index contributed by atoms with van der Waals surface area (Å²) in [6, 6.07) is 3.08. The molecule has 0 aliphatic heterocycles. The Kier molecular flexibility index (Phi) is 8.78. The van der Waals surface area contributed by atoms with Gasteiger partial charge in [0.2, 0.25) is 5.88 Å². The van der Waals surface area contributed by atoms with Crippen LogP contribution in [0.4, 0.5) is 13.2 Å². The van der Waals surface area contributed by atoms with Crippen molar-refractivity contribution in [3.05, 3.63) is 46.6 Å². The number of nitrogens with zero attached hydrogens (tertiary/aromatic N) is 3. The number of aryl methyl sites for hydroxylation is 1. The minimum Gasteiger partial charge on any atom is -0.467 e. The van der Waals surface area contributed by atoms with Gasteiger partial charge >= 0.3 is 6.18 Å². The number of amides is 1. The normalized spacial score (nSPS) is 11.4. The summed E-state index contributed by atoms with van der Waals surface area (Å²) in [6.45, 7) is 6.90. The van der Waals surface area contributed by atoms with Crippen molar-refractivity contribution in [2.45, 2.75) is 46.0 Å². The summed E-state index contributed by atoms with van der Waals surface area (Å²) in [5, 5.41) is 3.29. The Morgan fingerprint density at radius 3 is 2.31 bits per heavy atom. The van der Waals surface area contributed by atoms with Crippen LogP contribution in [0.15, 0.2) is 24.7 Å². The molecule has 29 heavy (non-hydrogen) atoms. The fraction of sp³-hybridized carbons (Fsp3) is 0.444. The third kappa shape index (κ3) is 10.6. The molecule has 0 saturated heterocycles. The maximum atomic E-state index is 12.0. The van der Waals surface area contributed by atoms with Gasteiger partial charge in [0.25, 0.3) is 5.91 Å². The molecule has 0 radical (unpaired) electrons. The highest BCUT2D eigenvalue weighted by Crippen LogP contribution is 2.25. The molecule has 0 saturated carbocycles. The van der Waals surface area contributed by atoms with Gasteiger partial charge in [0.1, 0.15) is 17.0 Å². The van der Waals surface area contributed by atoms with Crippen molar-refractivity contribution >= 4 is 17.5 Å². The number of nitrogens with one attached hydrogen (secondary N) is 1. The van der Waals surface area contributed by atoms with Crippen LogP contribution in [0.5, 0.6) is 5.88 Å². The number of hydrogen-bond acceptors (Lipinski definition) is 6. The molecule has 11 heteroatoms. The Morgan fingerprint density at radius 1 is 1.21 bits per heavy atom. The maximum Gasteiger partial charge on any atom is 0.422 e. The molecular weight excluding hydrogens is 411 g/mol. The SMILES string of the molecule is CC(C)(C)NCc1cnc(OCC(F)(F)F)c(Cl)c1.Cc1cc(C(N)=O)ncn1. The van der Waals surface area contributed by atoms with Gasteiger partial charge in [-0.05, 0) is 45.4 Å². The van der Waals surface area contributed by atoms with Gasteiger partial charge in [0.05, 0.1) is 0 Å². The Morgan fingerprint density at radius 2 is 1.86 bits per heavy atom. The van der Waals surface area contributed by atoms with Crippen LogP contribution in [-0.2, 0) is 6.54 Å². The topological polar surface area (TPSA) is 103 Å². The molecule has 2 aromatic rings. The molecule has 160 valence electrons. The van der Waals surface area contributed by atoms with E-state index >= 15 is 0 Å². The average molecular weight is 434 g/mol. The monoisotopic (exact) mass is 433 g/mol. The van der Waals surface area contributed by atoms with E-state index in [0.29, 0.717) is 6.54 Å². The van der Waals surface area contributed by atoms with Crippen LogP contribution in [0.2, 0.25) is 5.02 Å². The third-order valence-corrected chi connectivity index (χ3v) is 3.39. The Hall–Kier alpha value is -2.46. The molecule has 2 aromatic heterocycles. The highest BCUT2D eigenvalue weighted by atomic mass is 35.5. The van der Waals surface area contributed by atoms with Crippen molar-refractivity contribution in [3.63, 3.8) is 0 Å². The Labute approximate surface area is 171 Å². The largest absolute Gasteiger partial charge is 0.467 e. The first-order chi connectivity index (χ1) is 13.3. The van der Waals surface area contributed by atoms with Crippen LogP contribution in [0.25, 0.3) is 0 Å². The highest BCUT2D eigenvalue weighted by molar-refractivity contribution is 6.31. The zero-order valence-corrected chi connectivity index (χ0v) is 17.2. The number of carbonyl (C=O) groups excluding carboxylic acids is 1. The second-order valence-corrected chi connectivity index (χ2v) is 7.45. The molecule has 0 spiro atoms. The van der Waals surface area contributed by atoms with E-state index in [1.54, 1.807) is 19.1 Å². The number of alkyl halides is 3. The summed E-state index contributed by atoms with van der Waals surface area (Å²) >= 11 is 5.83. The number of ether oxygens (including phenoxy) is 1. The Balaban J connectivity index is 0.000000352. The fourth-order valence-corrected chi connectivity index (χ4v) is 2.02. The van der Waals surface area contributed by atoms with Crippen LogP contribution in [0.1, 0.15) is 42.5 Å². The number of pyridine rings is 1. The molecule has 0 aromatic carbocycles. The summed E-state index contributed by atoms with van der Waals surface area (Å²) in [6.07, 6.45) is -1.65. The number of aromatic nitrogens is 3. The van der Waals surface area contributed by atoms with Crippen molar-refractivity contribution in [2.24, 2.45) is 5.73 Å². The molecule has 3 N–H and O–H groups in total. The molecular formula is C18H23ClF3N5O2. The second kappa shape index (κ2) is 10.4. The van der Waals surface area contributed by atoms with Crippen molar-refractivity contribution in [1.82, 2.24) is 20.3 Å². The van der Waals surface area contributed by atoms with Gasteiger partial charge in [0, 0.05) is 24.0 Å². The summed E-state index contributed by atoms with van der Waals surface area (Å²) in [5.74, 6) is -0.732. The fourth-order valence-electron chi connectivity index (χ4n) is 1.77. The maximum absolute atomic E-state index is 12.0. The standard InChI is InChI=1S/C12H16ClF3N2O.C6H7N3O/c1-11(2,3)18-6-8-4-9(13)10(17-5-8)19-7-12(14,15)16;1-4-2-5(6(7)10)9-3-8-4/h4-5,18H,6-7H2,1-3H3;2-3H,1H3,(H2,7,10). The lowest BCUT2D eigenvalue weighted by Crippen LogP contribution is -2.35. The van der Waals surface area contributed by atoms with Gasteiger partial charge in [-0.15, -0.1) is 0 Å². The van der Waals surface area contributed by atoms with E-state index in [0.717, 1.165) is 11.3 Å². The van der Waals surface area contributed by atoms with Crippen LogP contribution in [0, 0.1) is 6.92 Å². The highest BCUT2D eigenvalue weighted by Gasteiger charge is 2.29. The molecule has 1 amide bonds. The molecule has 0 unspecified atom stereocenters.